The summed E-state index contributed by atoms with van der Waals surface area (Å²) in [6.07, 6.45) is 2.35. The molecule has 0 aromatic rings. The van der Waals surface area contributed by atoms with Crippen molar-refractivity contribution in [2.45, 2.75) is 54.1 Å². The molecule has 1 aliphatic rings. The Labute approximate surface area is 110 Å². The first-order valence-electron chi connectivity index (χ1n) is 6.58. The molecule has 0 bridgehead atoms. The van der Waals surface area contributed by atoms with Crippen molar-refractivity contribution in [2.75, 3.05) is 6.61 Å². The van der Waals surface area contributed by atoms with Gasteiger partial charge in [0.05, 0.1) is 18.1 Å². The number of ether oxygens (including phenoxy) is 1. The number of carbonyl (C=O) groups is 1. The van der Waals surface area contributed by atoms with E-state index in [1.807, 2.05) is 47.6 Å². The van der Waals surface area contributed by atoms with E-state index in [-0.39, 0.29) is 23.4 Å². The number of rotatable bonds is 2. The lowest BCUT2D eigenvalue weighted by Crippen LogP contribution is -2.42. The fraction of sp³-hybridized carbons (Fsp3) is 0.800. The van der Waals surface area contributed by atoms with Gasteiger partial charge in [-0.15, -0.1) is 0 Å². The molecule has 0 unspecified atom stereocenters. The van der Waals surface area contributed by atoms with Gasteiger partial charge < -0.3 is 9.84 Å². The van der Waals surface area contributed by atoms with Gasteiger partial charge in [-0.25, -0.2) is 0 Å². The van der Waals surface area contributed by atoms with Crippen molar-refractivity contribution in [2.24, 2.45) is 16.7 Å². The SMILES string of the molecule is CC1=CC[C@H](O)C(C)(C)[C@@H]1COC(=O)C(C)(C)C. The quantitative estimate of drug-likeness (QED) is 0.609. The molecule has 0 amide bonds. The predicted octanol–water partition coefficient (Wildman–Crippen LogP) is 2.93. The van der Waals surface area contributed by atoms with Crippen LogP contribution in [0, 0.1) is 16.7 Å². The number of aliphatic hydroxyl groups is 1. The van der Waals surface area contributed by atoms with Gasteiger partial charge in [0.25, 0.3) is 0 Å². The van der Waals surface area contributed by atoms with Crippen molar-refractivity contribution in [1.29, 1.82) is 0 Å². The Hall–Kier alpha value is -0.830. The zero-order chi connectivity index (χ0) is 14.1. The second-order valence-corrected chi connectivity index (χ2v) is 6.92. The molecule has 0 heterocycles. The van der Waals surface area contributed by atoms with Gasteiger partial charge in [0.15, 0.2) is 0 Å². The Morgan fingerprint density at radius 3 is 2.56 bits per heavy atom. The molecule has 2 atom stereocenters. The highest BCUT2D eigenvalue weighted by Gasteiger charge is 2.40. The highest BCUT2D eigenvalue weighted by atomic mass is 16.5. The van der Waals surface area contributed by atoms with Crippen LogP contribution in [0.4, 0.5) is 0 Å². The van der Waals surface area contributed by atoms with Crippen molar-refractivity contribution in [3.63, 3.8) is 0 Å². The van der Waals surface area contributed by atoms with Crippen molar-refractivity contribution < 1.29 is 14.6 Å². The molecule has 0 aromatic heterocycles. The minimum absolute atomic E-state index is 0.0903. The molecular formula is C15H26O3. The Morgan fingerprint density at radius 2 is 2.06 bits per heavy atom. The Kier molecular flexibility index (Phi) is 4.26. The Morgan fingerprint density at radius 1 is 1.50 bits per heavy atom. The molecule has 0 aromatic carbocycles. The summed E-state index contributed by atoms with van der Waals surface area (Å²) in [6, 6.07) is 0. The summed E-state index contributed by atoms with van der Waals surface area (Å²) in [5.41, 5.74) is 0.471. The summed E-state index contributed by atoms with van der Waals surface area (Å²) in [5.74, 6) is -0.0984. The maximum absolute atomic E-state index is 11.8. The maximum Gasteiger partial charge on any atom is 0.311 e. The summed E-state index contributed by atoms with van der Waals surface area (Å²) in [6.45, 7) is 12.0. The molecule has 1 aliphatic carbocycles. The van der Waals surface area contributed by atoms with Crippen LogP contribution in [-0.2, 0) is 9.53 Å². The van der Waals surface area contributed by atoms with E-state index >= 15 is 0 Å². The third-order valence-corrected chi connectivity index (χ3v) is 3.96. The van der Waals surface area contributed by atoms with Crippen LogP contribution in [0.15, 0.2) is 11.6 Å². The van der Waals surface area contributed by atoms with Crippen LogP contribution in [0.3, 0.4) is 0 Å². The van der Waals surface area contributed by atoms with Crippen LogP contribution in [0.2, 0.25) is 0 Å². The van der Waals surface area contributed by atoms with Crippen LogP contribution < -0.4 is 0 Å². The molecule has 0 aliphatic heterocycles. The highest BCUT2D eigenvalue weighted by molar-refractivity contribution is 5.75. The third-order valence-electron chi connectivity index (χ3n) is 3.96. The normalized spacial score (nSPS) is 27.6. The number of hydrogen-bond acceptors (Lipinski definition) is 3. The first kappa shape index (κ1) is 15.2. The molecule has 0 saturated heterocycles. The third kappa shape index (κ3) is 3.14. The second-order valence-electron chi connectivity index (χ2n) is 6.92. The van der Waals surface area contributed by atoms with Gasteiger partial charge in [-0.2, -0.15) is 0 Å². The van der Waals surface area contributed by atoms with Crippen molar-refractivity contribution in [3.05, 3.63) is 11.6 Å². The van der Waals surface area contributed by atoms with Gasteiger partial charge in [0.2, 0.25) is 0 Å². The van der Waals surface area contributed by atoms with Gasteiger partial charge in [-0.3, -0.25) is 4.79 Å². The molecular weight excluding hydrogens is 228 g/mol. The van der Waals surface area contributed by atoms with Gasteiger partial charge in [-0.05, 0) is 34.1 Å². The average Bonchev–Trinajstić information content (AvgIpc) is 2.22. The van der Waals surface area contributed by atoms with E-state index in [4.69, 9.17) is 4.74 Å². The molecule has 3 heteroatoms. The van der Waals surface area contributed by atoms with E-state index in [1.54, 1.807) is 0 Å². The molecule has 0 radical (unpaired) electrons. The zero-order valence-corrected chi connectivity index (χ0v) is 12.4. The topological polar surface area (TPSA) is 46.5 Å². The molecule has 1 rings (SSSR count). The van der Waals surface area contributed by atoms with E-state index in [2.05, 4.69) is 0 Å². The van der Waals surface area contributed by atoms with E-state index in [0.717, 1.165) is 0 Å². The van der Waals surface area contributed by atoms with Crippen LogP contribution in [0.5, 0.6) is 0 Å². The molecule has 104 valence electrons. The average molecular weight is 254 g/mol. The largest absolute Gasteiger partial charge is 0.465 e. The number of esters is 1. The first-order valence-corrected chi connectivity index (χ1v) is 6.58. The highest BCUT2D eigenvalue weighted by Crippen LogP contribution is 2.41. The van der Waals surface area contributed by atoms with Gasteiger partial charge >= 0.3 is 5.97 Å². The molecule has 0 saturated carbocycles. The van der Waals surface area contributed by atoms with E-state index in [0.29, 0.717) is 13.0 Å². The predicted molar refractivity (Wildman–Crippen MR) is 72.1 cm³/mol. The van der Waals surface area contributed by atoms with Crippen molar-refractivity contribution >= 4 is 5.97 Å². The smallest absolute Gasteiger partial charge is 0.311 e. The van der Waals surface area contributed by atoms with Crippen LogP contribution in [-0.4, -0.2) is 23.8 Å². The lowest BCUT2D eigenvalue weighted by atomic mass is 9.67. The van der Waals surface area contributed by atoms with Crippen LogP contribution >= 0.6 is 0 Å². The maximum atomic E-state index is 11.8. The van der Waals surface area contributed by atoms with Crippen LogP contribution in [0.1, 0.15) is 48.0 Å². The fourth-order valence-corrected chi connectivity index (χ4v) is 2.28. The second kappa shape index (κ2) is 5.04. The minimum Gasteiger partial charge on any atom is -0.465 e. The van der Waals surface area contributed by atoms with Gasteiger partial charge in [-0.1, -0.05) is 25.5 Å². The van der Waals surface area contributed by atoms with Gasteiger partial charge in [0.1, 0.15) is 0 Å². The minimum atomic E-state index is -0.477. The van der Waals surface area contributed by atoms with E-state index in [1.165, 1.54) is 5.57 Å². The van der Waals surface area contributed by atoms with E-state index in [9.17, 15) is 9.90 Å². The van der Waals surface area contributed by atoms with Crippen LogP contribution in [0.25, 0.3) is 0 Å². The summed E-state index contributed by atoms with van der Waals surface area (Å²) in [5, 5.41) is 10.1. The first-order chi connectivity index (χ1) is 8.06. The van der Waals surface area contributed by atoms with Gasteiger partial charge in [0, 0.05) is 11.3 Å². The lowest BCUT2D eigenvalue weighted by Gasteiger charge is -2.42. The summed E-state index contributed by atoms with van der Waals surface area (Å²) in [4.78, 5) is 11.8. The lowest BCUT2D eigenvalue weighted by molar-refractivity contribution is -0.156. The van der Waals surface area contributed by atoms with E-state index < -0.39 is 5.41 Å². The Balaban J connectivity index is 2.74. The van der Waals surface area contributed by atoms with Crippen molar-refractivity contribution in [3.8, 4) is 0 Å². The molecule has 3 nitrogen and oxygen atoms in total. The number of aliphatic hydroxyl groups excluding tert-OH is 1. The molecule has 18 heavy (non-hydrogen) atoms. The molecule has 0 spiro atoms. The number of hydrogen-bond donors (Lipinski definition) is 1. The summed E-state index contributed by atoms with van der Waals surface area (Å²) < 4.78 is 5.41. The molecule has 1 N–H and O–H groups in total. The number of carbonyl (C=O) groups excluding carboxylic acids is 1. The summed E-state index contributed by atoms with van der Waals surface area (Å²) in [7, 11) is 0. The standard InChI is InChI=1S/C15H26O3/c1-10-7-8-12(16)15(5,6)11(10)9-18-13(17)14(2,3)4/h7,11-12,16H,8-9H2,1-6H3/t11-,12+/m1/s1. The molecule has 0 fully saturated rings. The van der Waals surface area contributed by atoms with Crippen molar-refractivity contribution in [1.82, 2.24) is 0 Å². The summed E-state index contributed by atoms with van der Waals surface area (Å²) >= 11 is 0. The zero-order valence-electron chi connectivity index (χ0n) is 12.4. The Bertz CT molecular complexity index is 347. The monoisotopic (exact) mass is 254 g/mol. The fourth-order valence-electron chi connectivity index (χ4n) is 2.28.